The molecular formula is C13H20ClFN2O. The van der Waals surface area contributed by atoms with Gasteiger partial charge in [0.25, 0.3) is 0 Å². The number of phenolic OH excluding ortho intramolecular Hbond substituents is 1. The maximum Gasteiger partial charge on any atom is 0.127 e. The highest BCUT2D eigenvalue weighted by Crippen LogP contribution is 2.20. The van der Waals surface area contributed by atoms with E-state index < -0.39 is 0 Å². The van der Waals surface area contributed by atoms with E-state index in [4.69, 9.17) is 5.73 Å². The van der Waals surface area contributed by atoms with Crippen LogP contribution in [0.2, 0.25) is 0 Å². The first-order valence-electron chi connectivity index (χ1n) is 6.01. The van der Waals surface area contributed by atoms with Crippen LogP contribution in [0.15, 0.2) is 18.2 Å². The average Bonchev–Trinajstić information content (AvgIpc) is 2.22. The lowest BCUT2D eigenvalue weighted by Gasteiger charge is -2.35. The van der Waals surface area contributed by atoms with Crippen molar-refractivity contribution in [2.75, 3.05) is 13.1 Å². The number of hydrogen-bond donors (Lipinski definition) is 2. The standard InChI is InChI=1S/C13H19FN2O.ClH/c1-9-7-16(3-2-13(9)15)8-10-4-11(14)6-12(17)5-10;/h4-6,9,13,17H,2-3,7-8,15H2,1H3;1H. The van der Waals surface area contributed by atoms with Gasteiger partial charge in [-0.05, 0) is 36.6 Å². The molecule has 5 heteroatoms. The molecule has 0 spiro atoms. The first-order chi connectivity index (χ1) is 8.04. The zero-order chi connectivity index (χ0) is 12.4. The maximum absolute atomic E-state index is 13.1. The molecule has 1 aliphatic rings. The Labute approximate surface area is 113 Å². The maximum atomic E-state index is 13.1. The number of aromatic hydroxyl groups is 1. The van der Waals surface area contributed by atoms with Gasteiger partial charge < -0.3 is 10.8 Å². The zero-order valence-corrected chi connectivity index (χ0v) is 11.3. The highest BCUT2D eigenvalue weighted by molar-refractivity contribution is 5.85. The van der Waals surface area contributed by atoms with Crippen LogP contribution in [0.1, 0.15) is 18.9 Å². The molecule has 0 aromatic heterocycles. The van der Waals surface area contributed by atoms with Crippen LogP contribution in [-0.4, -0.2) is 29.1 Å². The Balaban J connectivity index is 0.00000162. The smallest absolute Gasteiger partial charge is 0.127 e. The summed E-state index contributed by atoms with van der Waals surface area (Å²) in [6, 6.07) is 4.48. The van der Waals surface area contributed by atoms with Crippen molar-refractivity contribution in [3.05, 3.63) is 29.6 Å². The van der Waals surface area contributed by atoms with Crippen LogP contribution in [0, 0.1) is 11.7 Å². The summed E-state index contributed by atoms with van der Waals surface area (Å²) in [5, 5.41) is 9.34. The predicted octanol–water partition coefficient (Wildman–Crippen LogP) is 2.12. The van der Waals surface area contributed by atoms with Crippen molar-refractivity contribution in [3.8, 4) is 5.75 Å². The number of rotatable bonds is 2. The van der Waals surface area contributed by atoms with Gasteiger partial charge in [0.15, 0.2) is 0 Å². The van der Waals surface area contributed by atoms with Crippen molar-refractivity contribution in [2.45, 2.75) is 25.9 Å². The lowest BCUT2D eigenvalue weighted by Crippen LogP contribution is -2.45. The van der Waals surface area contributed by atoms with Crippen LogP contribution < -0.4 is 5.73 Å². The van der Waals surface area contributed by atoms with E-state index in [-0.39, 0.29) is 30.0 Å². The Morgan fingerprint density at radius 3 is 2.78 bits per heavy atom. The van der Waals surface area contributed by atoms with Gasteiger partial charge >= 0.3 is 0 Å². The van der Waals surface area contributed by atoms with E-state index in [0.717, 1.165) is 31.1 Å². The number of phenols is 1. The number of nitrogens with two attached hydrogens (primary N) is 1. The second-order valence-corrected chi connectivity index (χ2v) is 4.98. The average molecular weight is 275 g/mol. The van der Waals surface area contributed by atoms with Gasteiger partial charge in [0, 0.05) is 25.2 Å². The van der Waals surface area contributed by atoms with Crippen molar-refractivity contribution in [1.82, 2.24) is 4.90 Å². The second kappa shape index (κ2) is 6.36. The Kier molecular flexibility index (Phi) is 5.38. The van der Waals surface area contributed by atoms with E-state index in [0.29, 0.717) is 12.5 Å². The molecule has 0 aliphatic carbocycles. The highest BCUT2D eigenvalue weighted by Gasteiger charge is 2.23. The third-order valence-corrected chi connectivity index (χ3v) is 3.40. The highest BCUT2D eigenvalue weighted by atomic mass is 35.5. The first kappa shape index (κ1) is 15.2. The van der Waals surface area contributed by atoms with Crippen LogP contribution in [-0.2, 0) is 6.54 Å². The van der Waals surface area contributed by atoms with E-state index in [2.05, 4.69) is 11.8 Å². The summed E-state index contributed by atoms with van der Waals surface area (Å²) in [5.41, 5.74) is 6.77. The molecule has 2 rings (SSSR count). The van der Waals surface area contributed by atoms with E-state index in [1.165, 1.54) is 6.07 Å². The number of hydrogen-bond acceptors (Lipinski definition) is 3. The first-order valence-corrected chi connectivity index (χ1v) is 6.01. The molecule has 0 amide bonds. The number of nitrogens with zero attached hydrogens (tertiary/aromatic N) is 1. The number of likely N-dealkylation sites (tertiary alicyclic amines) is 1. The number of piperidine rings is 1. The summed E-state index contributed by atoms with van der Waals surface area (Å²) in [6.45, 7) is 4.67. The van der Waals surface area contributed by atoms with Gasteiger partial charge in [-0.25, -0.2) is 4.39 Å². The molecular weight excluding hydrogens is 255 g/mol. The van der Waals surface area contributed by atoms with E-state index in [9.17, 15) is 9.50 Å². The topological polar surface area (TPSA) is 49.5 Å². The van der Waals surface area contributed by atoms with Crippen LogP contribution in [0.25, 0.3) is 0 Å². The minimum absolute atomic E-state index is 0. The Bertz CT molecular complexity index is 382. The predicted molar refractivity (Wildman–Crippen MR) is 72.3 cm³/mol. The molecule has 2 atom stereocenters. The van der Waals surface area contributed by atoms with Gasteiger partial charge in [0.2, 0.25) is 0 Å². The van der Waals surface area contributed by atoms with Crippen LogP contribution in [0.3, 0.4) is 0 Å². The Morgan fingerprint density at radius 1 is 1.44 bits per heavy atom. The van der Waals surface area contributed by atoms with Gasteiger partial charge in [-0.2, -0.15) is 0 Å². The van der Waals surface area contributed by atoms with Gasteiger partial charge in [0.1, 0.15) is 11.6 Å². The van der Waals surface area contributed by atoms with Crippen LogP contribution in [0.5, 0.6) is 5.75 Å². The monoisotopic (exact) mass is 274 g/mol. The molecule has 3 N–H and O–H groups in total. The third kappa shape index (κ3) is 3.83. The quantitative estimate of drug-likeness (QED) is 0.869. The van der Waals surface area contributed by atoms with Crippen molar-refractivity contribution in [2.24, 2.45) is 11.7 Å². The molecule has 2 unspecified atom stereocenters. The largest absolute Gasteiger partial charge is 0.508 e. The Hall–Kier alpha value is -0.840. The van der Waals surface area contributed by atoms with E-state index in [1.54, 1.807) is 6.07 Å². The molecule has 1 saturated heterocycles. The van der Waals surface area contributed by atoms with Gasteiger partial charge in [0.05, 0.1) is 0 Å². The lowest BCUT2D eigenvalue weighted by atomic mass is 9.94. The zero-order valence-electron chi connectivity index (χ0n) is 10.5. The molecule has 0 radical (unpaired) electrons. The summed E-state index contributed by atoms with van der Waals surface area (Å²) >= 11 is 0. The summed E-state index contributed by atoms with van der Waals surface area (Å²) < 4.78 is 13.1. The summed E-state index contributed by atoms with van der Waals surface area (Å²) in [7, 11) is 0. The summed E-state index contributed by atoms with van der Waals surface area (Å²) in [6.07, 6.45) is 0.975. The second-order valence-electron chi connectivity index (χ2n) is 4.98. The number of benzene rings is 1. The van der Waals surface area contributed by atoms with Crippen molar-refractivity contribution in [3.63, 3.8) is 0 Å². The summed E-state index contributed by atoms with van der Waals surface area (Å²) in [4.78, 5) is 2.25. The van der Waals surface area contributed by atoms with Crippen LogP contribution in [0.4, 0.5) is 4.39 Å². The molecule has 3 nitrogen and oxygen atoms in total. The lowest BCUT2D eigenvalue weighted by molar-refractivity contribution is 0.157. The molecule has 1 aromatic rings. The molecule has 1 aliphatic heterocycles. The van der Waals surface area contributed by atoms with Gasteiger partial charge in [-0.15, -0.1) is 12.4 Å². The molecule has 1 heterocycles. The van der Waals surface area contributed by atoms with E-state index in [1.807, 2.05) is 0 Å². The molecule has 0 saturated carbocycles. The van der Waals surface area contributed by atoms with Crippen molar-refractivity contribution in [1.29, 1.82) is 0 Å². The molecule has 102 valence electrons. The number of halogens is 2. The minimum Gasteiger partial charge on any atom is -0.508 e. The van der Waals surface area contributed by atoms with Gasteiger partial charge in [-0.3, -0.25) is 4.90 Å². The molecule has 1 fully saturated rings. The Morgan fingerprint density at radius 2 is 2.17 bits per heavy atom. The van der Waals surface area contributed by atoms with Crippen molar-refractivity contribution >= 4 is 12.4 Å². The van der Waals surface area contributed by atoms with Crippen molar-refractivity contribution < 1.29 is 9.50 Å². The fourth-order valence-corrected chi connectivity index (χ4v) is 2.38. The molecule has 1 aromatic carbocycles. The normalized spacial score (nSPS) is 24.6. The fraction of sp³-hybridized carbons (Fsp3) is 0.538. The SMILES string of the molecule is CC1CN(Cc2cc(O)cc(F)c2)CCC1N.Cl. The van der Waals surface area contributed by atoms with E-state index >= 15 is 0 Å². The molecule has 0 bridgehead atoms. The fourth-order valence-electron chi connectivity index (χ4n) is 2.38. The minimum atomic E-state index is -0.387. The van der Waals surface area contributed by atoms with Crippen LogP contribution >= 0.6 is 12.4 Å². The van der Waals surface area contributed by atoms with Gasteiger partial charge in [-0.1, -0.05) is 6.92 Å². The third-order valence-electron chi connectivity index (χ3n) is 3.40. The summed E-state index contributed by atoms with van der Waals surface area (Å²) in [5.74, 6) is 0.0643. The molecule has 18 heavy (non-hydrogen) atoms.